The van der Waals surface area contributed by atoms with E-state index in [9.17, 15) is 0 Å². The summed E-state index contributed by atoms with van der Waals surface area (Å²) in [5, 5.41) is 10.7. The monoisotopic (exact) mass is 513 g/mol. The molecular weight excluding hydrogens is 470 g/mol. The number of ether oxygens (including phenoxy) is 1. The predicted molar refractivity (Wildman–Crippen MR) is 149 cm³/mol. The minimum absolute atomic E-state index is 0.468. The molecule has 198 valence electrons. The minimum atomic E-state index is 0.468. The lowest BCUT2D eigenvalue weighted by atomic mass is 10.2. The Morgan fingerprint density at radius 1 is 1.03 bits per heavy atom. The summed E-state index contributed by atoms with van der Waals surface area (Å²) in [4.78, 5) is 15.3. The second-order valence-electron chi connectivity index (χ2n) is 8.59. The van der Waals surface area contributed by atoms with Crippen molar-refractivity contribution in [2.24, 2.45) is 0 Å². The van der Waals surface area contributed by atoms with Crippen LogP contribution in [0.2, 0.25) is 0 Å². The number of anilines is 1. The van der Waals surface area contributed by atoms with E-state index in [1.807, 2.05) is 13.8 Å². The van der Waals surface area contributed by atoms with Crippen molar-refractivity contribution < 1.29 is 4.74 Å². The van der Waals surface area contributed by atoms with Crippen LogP contribution in [0.3, 0.4) is 0 Å². The molecule has 0 unspecified atom stereocenters. The summed E-state index contributed by atoms with van der Waals surface area (Å²) >= 11 is 1.80. The maximum atomic E-state index is 7.32. The summed E-state index contributed by atoms with van der Waals surface area (Å²) in [6.07, 6.45) is 2.83. The van der Waals surface area contributed by atoms with Crippen molar-refractivity contribution in [1.82, 2.24) is 24.5 Å². The number of hydrogen-bond donors (Lipinski definition) is 1. The fourth-order valence-electron chi connectivity index (χ4n) is 4.15. The van der Waals surface area contributed by atoms with Crippen molar-refractivity contribution in [2.75, 3.05) is 58.3 Å². The maximum absolute atomic E-state index is 7.32. The van der Waals surface area contributed by atoms with E-state index < -0.39 is 0 Å². The number of benzene rings is 1. The minimum Gasteiger partial charge on any atom is -0.467 e. The molecule has 0 aliphatic carbocycles. The number of rotatable bonds is 4. The van der Waals surface area contributed by atoms with Gasteiger partial charge in [-0.25, -0.2) is 4.31 Å². The van der Waals surface area contributed by atoms with E-state index in [2.05, 4.69) is 67.6 Å². The summed E-state index contributed by atoms with van der Waals surface area (Å²) in [6, 6.07) is 10.7. The number of methoxy groups -OCH3 is 1. The Hall–Kier alpha value is -2.38. The van der Waals surface area contributed by atoms with Crippen LogP contribution in [-0.2, 0) is 13.1 Å². The molecule has 0 spiro atoms. The van der Waals surface area contributed by atoms with Crippen LogP contribution in [0, 0.1) is 18.3 Å². The second kappa shape index (κ2) is 16.4. The van der Waals surface area contributed by atoms with E-state index >= 15 is 0 Å². The Labute approximate surface area is 222 Å². The zero-order valence-corrected chi connectivity index (χ0v) is 23.7. The van der Waals surface area contributed by atoms with Gasteiger partial charge in [0.25, 0.3) is 0 Å². The van der Waals surface area contributed by atoms with Crippen molar-refractivity contribution in [3.63, 3.8) is 0 Å². The number of piperazine rings is 1. The van der Waals surface area contributed by atoms with E-state index in [-0.39, 0.29) is 0 Å². The Kier molecular flexibility index (Phi) is 13.6. The van der Waals surface area contributed by atoms with Crippen LogP contribution < -0.4 is 15.0 Å². The van der Waals surface area contributed by atoms with Crippen LogP contribution in [0.25, 0.3) is 0 Å². The smallest absolute Gasteiger partial charge is 0.318 e. The lowest BCUT2D eigenvalue weighted by molar-refractivity contribution is 0.377. The lowest BCUT2D eigenvalue weighted by Gasteiger charge is -2.29. The first-order chi connectivity index (χ1) is 17.5. The van der Waals surface area contributed by atoms with E-state index in [1.54, 1.807) is 25.1 Å². The molecule has 5 rings (SSSR count). The number of nitrogens with zero attached hydrogens (tertiary/aromatic N) is 6. The summed E-state index contributed by atoms with van der Waals surface area (Å²) in [5.74, 6) is 1.04. The zero-order valence-electron chi connectivity index (χ0n) is 22.9. The van der Waals surface area contributed by atoms with E-state index in [0.29, 0.717) is 6.01 Å². The molecule has 3 aliphatic heterocycles. The van der Waals surface area contributed by atoms with Gasteiger partial charge in [-0.2, -0.15) is 15.2 Å². The Balaban J connectivity index is 0.000000350. The number of nitrogens with one attached hydrogen (secondary N) is 1. The highest BCUT2D eigenvalue weighted by Crippen LogP contribution is 2.37. The van der Waals surface area contributed by atoms with Crippen molar-refractivity contribution in [3.05, 3.63) is 41.1 Å². The van der Waals surface area contributed by atoms with Crippen LogP contribution in [-0.4, -0.2) is 72.6 Å². The van der Waals surface area contributed by atoms with Crippen LogP contribution >= 0.6 is 11.9 Å². The zero-order chi connectivity index (χ0) is 26.3. The molecule has 2 fully saturated rings. The number of likely N-dealkylation sites (tertiary alicyclic amines) is 1. The molecule has 9 heteroatoms. The normalized spacial score (nSPS) is 16.9. The molecule has 3 aliphatic rings. The molecule has 4 heterocycles. The number of fused-ring (bicyclic) bond motifs is 1. The summed E-state index contributed by atoms with van der Waals surface area (Å²) in [6.45, 7) is 15.8. The molecule has 1 aromatic carbocycles. The fraction of sp³-hybridized carbons (Fsp3) is 0.593. The van der Waals surface area contributed by atoms with Crippen molar-refractivity contribution in [2.45, 2.75) is 58.5 Å². The molecule has 8 nitrogen and oxygen atoms in total. The highest BCUT2D eigenvalue weighted by molar-refractivity contribution is 7.97. The molecule has 2 aromatic rings. The van der Waals surface area contributed by atoms with Crippen LogP contribution in [0.15, 0.2) is 29.2 Å². The van der Waals surface area contributed by atoms with Crippen LogP contribution in [0.4, 0.5) is 5.82 Å². The highest BCUT2D eigenvalue weighted by atomic mass is 32.2. The van der Waals surface area contributed by atoms with Gasteiger partial charge in [0.2, 0.25) is 0 Å². The largest absolute Gasteiger partial charge is 0.467 e. The van der Waals surface area contributed by atoms with Crippen molar-refractivity contribution in [1.29, 1.82) is 5.26 Å². The summed E-state index contributed by atoms with van der Waals surface area (Å²) in [5.41, 5.74) is 3.62. The first kappa shape index (κ1) is 29.8. The third kappa shape index (κ3) is 8.93. The van der Waals surface area contributed by atoms with Gasteiger partial charge in [0.15, 0.2) is 0 Å². The summed E-state index contributed by atoms with van der Waals surface area (Å²) < 4.78 is 7.71. The van der Waals surface area contributed by atoms with Crippen molar-refractivity contribution in [3.8, 4) is 12.1 Å². The molecule has 1 N–H and O–H groups in total. The number of aromatic nitrogens is 2. The van der Waals surface area contributed by atoms with Gasteiger partial charge in [0.05, 0.1) is 25.4 Å². The van der Waals surface area contributed by atoms with E-state index in [0.717, 1.165) is 50.8 Å². The molecular formula is C27H43N7OS. The van der Waals surface area contributed by atoms with Gasteiger partial charge in [0.1, 0.15) is 5.82 Å². The Morgan fingerprint density at radius 3 is 2.22 bits per heavy atom. The molecule has 1 aromatic heterocycles. The Bertz CT molecular complexity index is 954. The van der Waals surface area contributed by atoms with Gasteiger partial charge in [-0.1, -0.05) is 32.0 Å². The molecule has 36 heavy (non-hydrogen) atoms. The molecule has 0 amide bonds. The average Bonchev–Trinajstić information content (AvgIpc) is 3.56. The van der Waals surface area contributed by atoms with Gasteiger partial charge in [-0.15, -0.1) is 0 Å². The maximum Gasteiger partial charge on any atom is 0.318 e. The second-order valence-corrected chi connectivity index (χ2v) is 9.72. The third-order valence-corrected chi connectivity index (χ3v) is 7.13. The molecule has 0 radical (unpaired) electrons. The van der Waals surface area contributed by atoms with Crippen molar-refractivity contribution >= 4 is 17.8 Å². The highest BCUT2D eigenvalue weighted by Gasteiger charge is 2.29. The first-order valence-electron chi connectivity index (χ1n) is 12.9. The topological polar surface area (TPSA) is 80.5 Å². The molecule has 0 saturated carbocycles. The third-order valence-electron chi connectivity index (χ3n) is 5.96. The van der Waals surface area contributed by atoms with Crippen LogP contribution in [0.1, 0.15) is 50.4 Å². The molecule has 0 atom stereocenters. The Morgan fingerprint density at radius 2 is 1.67 bits per heavy atom. The van der Waals surface area contributed by atoms with E-state index in [4.69, 9.17) is 10.00 Å². The van der Waals surface area contributed by atoms with Gasteiger partial charge >= 0.3 is 6.01 Å². The number of nitriles is 1. The number of aryl methyl sites for hydroxylation is 1. The molecule has 2 saturated heterocycles. The predicted octanol–water partition coefficient (Wildman–Crippen LogP) is 4.49. The average molecular weight is 514 g/mol. The lowest BCUT2D eigenvalue weighted by Crippen LogP contribution is -2.44. The number of hydrogen-bond acceptors (Lipinski definition) is 9. The summed E-state index contributed by atoms with van der Waals surface area (Å²) in [7, 11) is 3.81. The van der Waals surface area contributed by atoms with E-state index in [1.165, 1.54) is 48.9 Å². The van der Waals surface area contributed by atoms with Crippen LogP contribution in [0.5, 0.6) is 6.01 Å². The van der Waals surface area contributed by atoms with Gasteiger partial charge < -0.3 is 19.9 Å². The van der Waals surface area contributed by atoms with Gasteiger partial charge in [0, 0.05) is 50.1 Å². The van der Waals surface area contributed by atoms with Gasteiger partial charge in [-0.3, -0.25) is 0 Å². The SMILES string of the molecule is CC.CC#N.CN1CCCC1.COc1nc2c(c(N3CCNCC3)n1)CN(Sc1ccccc1C)C2. The van der Waals surface area contributed by atoms with Gasteiger partial charge in [-0.05, 0) is 63.5 Å². The fourth-order valence-corrected chi connectivity index (χ4v) is 5.16. The quantitative estimate of drug-likeness (QED) is 0.595. The molecule has 0 bridgehead atoms. The standard InChI is InChI=1S/C18H23N5OS.C5H11N.C2H3N.C2H6/c1-13-5-3-4-6-16(13)25-23-11-14-15(12-23)20-18(24-2)21-17(14)22-9-7-19-8-10-22;1-6-4-2-3-5-6;1-2-3;1-2/h3-6,19H,7-12H2,1-2H3;2-5H2,1H3;1H3;1-2H3. The first-order valence-corrected chi connectivity index (χ1v) is 13.7.